The van der Waals surface area contributed by atoms with Gasteiger partial charge in [0.15, 0.2) is 23.3 Å². The molecule has 1 amide bonds. The highest BCUT2D eigenvalue weighted by Crippen LogP contribution is 2.36. The molecule has 0 unspecified atom stereocenters. The molecule has 2 N–H and O–H groups in total. The Kier molecular flexibility index (Phi) is 7.32. The summed E-state index contributed by atoms with van der Waals surface area (Å²) in [5, 5.41) is 11.9. The molecule has 0 spiro atoms. The summed E-state index contributed by atoms with van der Waals surface area (Å²) < 4.78 is 24.6. The number of halogens is 2. The summed E-state index contributed by atoms with van der Waals surface area (Å²) in [5.74, 6) is -1.03. The number of nitrogens with zero attached hydrogens (tertiary/aromatic N) is 1. The van der Waals surface area contributed by atoms with Crippen LogP contribution in [-0.4, -0.2) is 35.4 Å². The van der Waals surface area contributed by atoms with Gasteiger partial charge in [-0.05, 0) is 89.3 Å². The number of amidine groups is 1. The van der Waals surface area contributed by atoms with Crippen LogP contribution in [0.25, 0.3) is 6.08 Å². The van der Waals surface area contributed by atoms with Crippen molar-refractivity contribution in [3.05, 3.63) is 56.3 Å². The molecule has 2 aromatic carbocycles. The van der Waals surface area contributed by atoms with Crippen LogP contribution in [0.1, 0.15) is 12.5 Å². The smallest absolute Gasteiger partial charge is 0.341 e. The van der Waals surface area contributed by atoms with Gasteiger partial charge in [0, 0.05) is 0 Å². The summed E-state index contributed by atoms with van der Waals surface area (Å²) in [6.07, 6.45) is 1.68. The number of carbonyl (C=O) groups is 2. The lowest BCUT2D eigenvalue weighted by Crippen LogP contribution is -2.19. The summed E-state index contributed by atoms with van der Waals surface area (Å²) in [7, 11) is 0. The van der Waals surface area contributed by atoms with E-state index in [0.29, 0.717) is 43.0 Å². The number of carbonyl (C=O) groups excluding carboxylic acids is 1. The predicted molar refractivity (Wildman–Crippen MR) is 121 cm³/mol. The number of ether oxygens (including phenoxy) is 2. The fourth-order valence-electron chi connectivity index (χ4n) is 2.47. The van der Waals surface area contributed by atoms with Crippen molar-refractivity contribution in [2.75, 3.05) is 13.2 Å². The van der Waals surface area contributed by atoms with E-state index in [1.807, 2.05) is 22.6 Å². The Bertz CT molecular complexity index is 1040. The topological polar surface area (TPSA) is 97.2 Å². The lowest BCUT2D eigenvalue weighted by atomic mass is 10.2. The zero-order chi connectivity index (χ0) is 21.7. The highest BCUT2D eigenvalue weighted by atomic mass is 127. The molecule has 3 rings (SSSR count). The molecular formula is C20H16FIN2O5S. The standard InChI is InChI=1S/C20H16FIN2O5S/c1-2-28-15-8-11(7-14(22)18(15)29-10-17(25)26)9-16-19(27)24-20(30-16)23-13-5-3-12(21)4-6-13/h3-9H,2,10H2,1H3,(H,25,26)(H,23,24,27)/b16-9+. The van der Waals surface area contributed by atoms with Gasteiger partial charge in [-0.15, -0.1) is 0 Å². The van der Waals surface area contributed by atoms with E-state index < -0.39 is 12.6 Å². The molecule has 0 saturated carbocycles. The quantitative estimate of drug-likeness (QED) is 0.403. The van der Waals surface area contributed by atoms with Gasteiger partial charge >= 0.3 is 5.97 Å². The number of carboxylic acids is 1. The van der Waals surface area contributed by atoms with Crippen molar-refractivity contribution in [1.29, 1.82) is 0 Å². The van der Waals surface area contributed by atoms with E-state index in [2.05, 4.69) is 10.3 Å². The summed E-state index contributed by atoms with van der Waals surface area (Å²) in [4.78, 5) is 27.8. The second kappa shape index (κ2) is 9.94. The van der Waals surface area contributed by atoms with Crippen molar-refractivity contribution in [3.8, 4) is 11.5 Å². The Morgan fingerprint density at radius 2 is 2.03 bits per heavy atom. The van der Waals surface area contributed by atoms with Crippen LogP contribution in [0.5, 0.6) is 11.5 Å². The molecule has 10 heteroatoms. The number of thioether (sulfide) groups is 1. The summed E-state index contributed by atoms with van der Waals surface area (Å²) in [5.41, 5.74) is 1.21. The van der Waals surface area contributed by atoms with E-state index in [1.54, 1.807) is 25.1 Å². The van der Waals surface area contributed by atoms with Crippen LogP contribution in [0.4, 0.5) is 10.1 Å². The van der Waals surface area contributed by atoms with Crippen molar-refractivity contribution in [2.45, 2.75) is 6.92 Å². The van der Waals surface area contributed by atoms with Gasteiger partial charge in [-0.2, -0.15) is 0 Å². The fourth-order valence-corrected chi connectivity index (χ4v) is 4.10. The molecule has 0 bridgehead atoms. The van der Waals surface area contributed by atoms with Crippen molar-refractivity contribution in [3.63, 3.8) is 0 Å². The second-order valence-corrected chi connectivity index (χ2v) is 8.10. The first kappa shape index (κ1) is 22.1. The Balaban J connectivity index is 1.85. The van der Waals surface area contributed by atoms with E-state index in [1.165, 1.54) is 24.3 Å². The van der Waals surface area contributed by atoms with E-state index >= 15 is 0 Å². The van der Waals surface area contributed by atoms with Crippen LogP contribution in [0.15, 0.2) is 46.3 Å². The molecule has 1 saturated heterocycles. The van der Waals surface area contributed by atoms with Crippen molar-refractivity contribution < 1.29 is 28.6 Å². The normalized spacial score (nSPS) is 16.0. The van der Waals surface area contributed by atoms with Crippen LogP contribution >= 0.6 is 34.4 Å². The summed E-state index contributed by atoms with van der Waals surface area (Å²) in [6.45, 7) is 1.68. The van der Waals surface area contributed by atoms with Crippen molar-refractivity contribution >= 4 is 63.2 Å². The highest BCUT2D eigenvalue weighted by Gasteiger charge is 2.24. The number of carboxylic acid groups (broad SMARTS) is 1. The third-order valence-corrected chi connectivity index (χ3v) is 5.39. The number of benzene rings is 2. The Hall–Kier alpha value is -2.60. The molecular weight excluding hydrogens is 526 g/mol. The third kappa shape index (κ3) is 5.72. The van der Waals surface area contributed by atoms with Gasteiger partial charge in [-0.1, -0.05) is 0 Å². The van der Waals surface area contributed by atoms with E-state index in [0.717, 1.165) is 11.8 Å². The van der Waals surface area contributed by atoms with Gasteiger partial charge in [0.05, 0.1) is 20.8 Å². The third-order valence-electron chi connectivity index (χ3n) is 3.68. The minimum atomic E-state index is -1.09. The van der Waals surface area contributed by atoms with Gasteiger partial charge in [0.2, 0.25) is 0 Å². The van der Waals surface area contributed by atoms with Gasteiger partial charge < -0.3 is 19.9 Å². The first-order chi connectivity index (χ1) is 14.4. The lowest BCUT2D eigenvalue weighted by molar-refractivity contribution is -0.139. The maximum absolute atomic E-state index is 13.0. The number of rotatable bonds is 7. The predicted octanol–water partition coefficient (Wildman–Crippen LogP) is 4.18. The van der Waals surface area contributed by atoms with Gasteiger partial charge in [0.1, 0.15) is 5.82 Å². The Morgan fingerprint density at radius 1 is 1.30 bits per heavy atom. The molecule has 0 aliphatic carbocycles. The van der Waals surface area contributed by atoms with Crippen LogP contribution in [0.3, 0.4) is 0 Å². The van der Waals surface area contributed by atoms with Crippen LogP contribution in [0.2, 0.25) is 0 Å². The maximum Gasteiger partial charge on any atom is 0.341 e. The molecule has 0 atom stereocenters. The molecule has 2 aromatic rings. The highest BCUT2D eigenvalue weighted by molar-refractivity contribution is 14.1. The lowest BCUT2D eigenvalue weighted by Gasteiger charge is -2.13. The molecule has 0 radical (unpaired) electrons. The largest absolute Gasteiger partial charge is 0.490 e. The van der Waals surface area contributed by atoms with E-state index in [-0.39, 0.29) is 11.7 Å². The summed E-state index contributed by atoms with van der Waals surface area (Å²) >= 11 is 3.18. The molecule has 1 fully saturated rings. The fraction of sp³-hybridized carbons (Fsp3) is 0.150. The first-order valence-electron chi connectivity index (χ1n) is 8.71. The van der Waals surface area contributed by atoms with Crippen LogP contribution in [-0.2, 0) is 9.59 Å². The molecule has 0 aromatic heterocycles. The zero-order valence-electron chi connectivity index (χ0n) is 15.6. The Labute approximate surface area is 189 Å². The number of hydrogen-bond acceptors (Lipinski definition) is 6. The second-order valence-electron chi connectivity index (χ2n) is 5.90. The minimum Gasteiger partial charge on any atom is -0.490 e. The van der Waals surface area contributed by atoms with E-state index in [4.69, 9.17) is 14.6 Å². The summed E-state index contributed by atoms with van der Waals surface area (Å²) in [6, 6.07) is 9.06. The molecule has 1 heterocycles. The number of nitrogens with one attached hydrogen (secondary N) is 1. The van der Waals surface area contributed by atoms with Crippen molar-refractivity contribution in [2.24, 2.45) is 4.99 Å². The molecule has 1 aliphatic rings. The average molecular weight is 542 g/mol. The van der Waals surface area contributed by atoms with Gasteiger partial charge in [0.25, 0.3) is 5.91 Å². The molecule has 7 nitrogen and oxygen atoms in total. The Morgan fingerprint density at radius 3 is 2.70 bits per heavy atom. The van der Waals surface area contributed by atoms with Crippen LogP contribution < -0.4 is 14.8 Å². The molecule has 156 valence electrons. The average Bonchev–Trinajstić information content (AvgIpc) is 3.02. The number of aliphatic imine (C=N–C) groups is 1. The minimum absolute atomic E-state index is 0.306. The van der Waals surface area contributed by atoms with Crippen molar-refractivity contribution in [1.82, 2.24) is 5.32 Å². The molecule has 1 aliphatic heterocycles. The SMILES string of the molecule is CCOc1cc(/C=C2/SC(=Nc3ccc(F)cc3)NC2=O)cc(I)c1OCC(=O)O. The monoisotopic (exact) mass is 542 g/mol. The zero-order valence-corrected chi connectivity index (χ0v) is 18.6. The number of amides is 1. The van der Waals surface area contributed by atoms with E-state index in [9.17, 15) is 14.0 Å². The first-order valence-corrected chi connectivity index (χ1v) is 10.6. The van der Waals surface area contributed by atoms with Gasteiger partial charge in [-0.25, -0.2) is 14.2 Å². The van der Waals surface area contributed by atoms with Gasteiger partial charge in [-0.3, -0.25) is 4.79 Å². The molecule has 30 heavy (non-hydrogen) atoms. The van der Waals surface area contributed by atoms with Crippen LogP contribution in [0, 0.1) is 9.39 Å². The maximum atomic E-state index is 13.0. The number of aliphatic carboxylic acids is 1. The number of hydrogen-bond donors (Lipinski definition) is 2.